The Morgan fingerprint density at radius 2 is 2.29 bits per heavy atom. The molecule has 2 nitrogen and oxygen atoms in total. The number of hydrogen-bond acceptors (Lipinski definition) is 2. The van der Waals surface area contributed by atoms with Crippen LogP contribution in [0.25, 0.3) is 0 Å². The fraction of sp³-hybridized carbons (Fsp3) is 0.400. The van der Waals surface area contributed by atoms with Crippen LogP contribution in [0, 0.1) is 5.82 Å². The van der Waals surface area contributed by atoms with Crippen molar-refractivity contribution in [3.8, 4) is 0 Å². The van der Waals surface area contributed by atoms with Gasteiger partial charge in [0, 0.05) is 16.1 Å². The Balaban J connectivity index is 2.96. The van der Waals surface area contributed by atoms with Gasteiger partial charge in [-0.1, -0.05) is 29.3 Å². The van der Waals surface area contributed by atoms with Crippen molar-refractivity contribution in [3.63, 3.8) is 0 Å². The lowest BCUT2D eigenvalue weighted by Gasteiger charge is -2.16. The van der Waals surface area contributed by atoms with Gasteiger partial charge in [0.15, 0.2) is 0 Å². The summed E-state index contributed by atoms with van der Waals surface area (Å²) >= 11 is 3.31. The fourth-order valence-electron chi connectivity index (χ4n) is 1.40. The Bertz CT molecular complexity index is 304. The number of hydrogen-bond donors (Lipinski definition) is 2. The molecule has 4 heteroatoms. The predicted molar refractivity (Wildman–Crippen MR) is 59.1 cm³/mol. The molecule has 0 amide bonds. The van der Waals surface area contributed by atoms with E-state index < -0.39 is 0 Å². The first-order chi connectivity index (χ1) is 6.69. The number of benzene rings is 1. The average Bonchev–Trinajstić information content (AvgIpc) is 2.18. The second-order valence-electron chi connectivity index (χ2n) is 3.17. The highest BCUT2D eigenvalue weighted by Gasteiger charge is 2.13. The molecule has 0 saturated heterocycles. The zero-order valence-electron chi connectivity index (χ0n) is 8.06. The number of nitrogens with two attached hydrogens (primary N) is 1. The van der Waals surface area contributed by atoms with Crippen molar-refractivity contribution in [2.45, 2.75) is 25.8 Å². The van der Waals surface area contributed by atoms with Crippen molar-refractivity contribution < 1.29 is 4.39 Å². The van der Waals surface area contributed by atoms with Crippen LogP contribution >= 0.6 is 15.9 Å². The van der Waals surface area contributed by atoms with Crippen LogP contribution in [0.2, 0.25) is 0 Å². The van der Waals surface area contributed by atoms with Crippen LogP contribution in [0.15, 0.2) is 22.7 Å². The average molecular weight is 261 g/mol. The highest BCUT2D eigenvalue weighted by molar-refractivity contribution is 9.10. The second-order valence-corrected chi connectivity index (χ2v) is 4.09. The van der Waals surface area contributed by atoms with Crippen LogP contribution in [-0.4, -0.2) is 0 Å². The molecule has 0 aliphatic rings. The van der Waals surface area contributed by atoms with Gasteiger partial charge in [-0.05, 0) is 24.6 Å². The van der Waals surface area contributed by atoms with Crippen LogP contribution in [0.3, 0.4) is 0 Å². The quantitative estimate of drug-likeness (QED) is 0.646. The summed E-state index contributed by atoms with van der Waals surface area (Å²) in [7, 11) is 0. The molecule has 1 unspecified atom stereocenters. The lowest BCUT2D eigenvalue weighted by atomic mass is 10.0. The van der Waals surface area contributed by atoms with E-state index in [2.05, 4.69) is 21.4 Å². The molecule has 14 heavy (non-hydrogen) atoms. The smallest absolute Gasteiger partial charge is 0.128 e. The second kappa shape index (κ2) is 5.44. The molecule has 0 saturated carbocycles. The topological polar surface area (TPSA) is 38.0 Å². The van der Waals surface area contributed by atoms with Gasteiger partial charge >= 0.3 is 0 Å². The van der Waals surface area contributed by atoms with E-state index in [4.69, 9.17) is 5.84 Å². The van der Waals surface area contributed by atoms with E-state index in [1.54, 1.807) is 12.1 Å². The number of rotatable bonds is 4. The molecule has 78 valence electrons. The van der Waals surface area contributed by atoms with Gasteiger partial charge in [-0.15, -0.1) is 0 Å². The number of hydrazine groups is 1. The first-order valence-corrected chi connectivity index (χ1v) is 5.39. The molecule has 0 fully saturated rings. The van der Waals surface area contributed by atoms with E-state index in [1.807, 2.05) is 6.92 Å². The molecule has 0 radical (unpaired) electrons. The van der Waals surface area contributed by atoms with Crippen molar-refractivity contribution in [2.24, 2.45) is 5.84 Å². The Morgan fingerprint density at radius 3 is 2.86 bits per heavy atom. The molecule has 1 aromatic rings. The van der Waals surface area contributed by atoms with Crippen molar-refractivity contribution in [3.05, 3.63) is 34.1 Å². The first kappa shape index (κ1) is 11.6. The van der Waals surface area contributed by atoms with Gasteiger partial charge in [-0.2, -0.15) is 0 Å². The molecular weight excluding hydrogens is 247 g/mol. The third-order valence-electron chi connectivity index (χ3n) is 2.11. The van der Waals surface area contributed by atoms with Gasteiger partial charge in [0.1, 0.15) is 5.82 Å². The minimum absolute atomic E-state index is 0.113. The summed E-state index contributed by atoms with van der Waals surface area (Å²) in [4.78, 5) is 0. The molecule has 0 aliphatic carbocycles. The zero-order valence-corrected chi connectivity index (χ0v) is 9.64. The largest absolute Gasteiger partial charge is 0.271 e. The maximum absolute atomic E-state index is 13.4. The van der Waals surface area contributed by atoms with E-state index in [-0.39, 0.29) is 11.9 Å². The number of nitrogens with one attached hydrogen (secondary N) is 1. The third kappa shape index (κ3) is 2.77. The monoisotopic (exact) mass is 260 g/mol. The van der Waals surface area contributed by atoms with E-state index in [1.165, 1.54) is 6.07 Å². The molecule has 0 aliphatic heterocycles. The zero-order chi connectivity index (χ0) is 10.6. The minimum atomic E-state index is -0.218. The van der Waals surface area contributed by atoms with Gasteiger partial charge in [-0.3, -0.25) is 11.3 Å². The van der Waals surface area contributed by atoms with Crippen LogP contribution in [0.5, 0.6) is 0 Å². The lowest BCUT2D eigenvalue weighted by Crippen LogP contribution is -2.28. The fourth-order valence-corrected chi connectivity index (χ4v) is 1.78. The molecule has 3 N–H and O–H groups in total. The Hall–Kier alpha value is -0.450. The van der Waals surface area contributed by atoms with E-state index in [9.17, 15) is 4.39 Å². The SMILES string of the molecule is CCCC(NN)c1cc(Br)ccc1F. The van der Waals surface area contributed by atoms with Crippen LogP contribution < -0.4 is 11.3 Å². The van der Waals surface area contributed by atoms with E-state index in [0.29, 0.717) is 5.56 Å². The Kier molecular flexibility index (Phi) is 4.51. The summed E-state index contributed by atoms with van der Waals surface area (Å²) in [5.41, 5.74) is 3.24. The highest BCUT2D eigenvalue weighted by atomic mass is 79.9. The van der Waals surface area contributed by atoms with E-state index >= 15 is 0 Å². The predicted octanol–water partition coefficient (Wildman–Crippen LogP) is 2.89. The molecule has 1 aromatic carbocycles. The van der Waals surface area contributed by atoms with E-state index in [0.717, 1.165) is 17.3 Å². The van der Waals surface area contributed by atoms with Crippen LogP contribution in [0.1, 0.15) is 31.4 Å². The molecule has 0 aromatic heterocycles. The molecule has 0 spiro atoms. The Morgan fingerprint density at radius 1 is 1.57 bits per heavy atom. The van der Waals surface area contributed by atoms with Gasteiger partial charge in [-0.25, -0.2) is 4.39 Å². The summed E-state index contributed by atoms with van der Waals surface area (Å²) in [5, 5.41) is 0. The van der Waals surface area contributed by atoms with Crippen LogP contribution in [-0.2, 0) is 0 Å². The first-order valence-electron chi connectivity index (χ1n) is 4.60. The lowest BCUT2D eigenvalue weighted by molar-refractivity contribution is 0.480. The maximum Gasteiger partial charge on any atom is 0.128 e. The summed E-state index contributed by atoms with van der Waals surface area (Å²) in [6, 6.07) is 4.77. The summed E-state index contributed by atoms with van der Waals surface area (Å²) < 4.78 is 14.3. The van der Waals surface area contributed by atoms with Gasteiger partial charge in [0.25, 0.3) is 0 Å². The molecule has 1 atom stereocenters. The van der Waals surface area contributed by atoms with Crippen molar-refractivity contribution in [1.82, 2.24) is 5.43 Å². The molecule has 0 heterocycles. The van der Waals surface area contributed by atoms with Crippen molar-refractivity contribution in [1.29, 1.82) is 0 Å². The van der Waals surface area contributed by atoms with Crippen molar-refractivity contribution >= 4 is 15.9 Å². The van der Waals surface area contributed by atoms with Gasteiger partial charge in [0.05, 0.1) is 0 Å². The summed E-state index contributed by atoms with van der Waals surface area (Å²) in [5.74, 6) is 5.16. The van der Waals surface area contributed by atoms with Gasteiger partial charge < -0.3 is 0 Å². The minimum Gasteiger partial charge on any atom is -0.271 e. The standard InChI is InChI=1S/C10H14BrFN2/c1-2-3-10(14-13)8-6-7(11)4-5-9(8)12/h4-6,10,14H,2-3,13H2,1H3. The van der Waals surface area contributed by atoms with Crippen LogP contribution in [0.4, 0.5) is 4.39 Å². The maximum atomic E-state index is 13.4. The third-order valence-corrected chi connectivity index (χ3v) is 2.61. The van der Waals surface area contributed by atoms with Gasteiger partial charge in [0.2, 0.25) is 0 Å². The molecular formula is C10H14BrFN2. The highest BCUT2D eigenvalue weighted by Crippen LogP contribution is 2.24. The normalized spacial score (nSPS) is 12.9. The number of halogens is 2. The Labute approximate surface area is 91.8 Å². The summed E-state index contributed by atoms with van der Waals surface area (Å²) in [6.07, 6.45) is 1.78. The van der Waals surface area contributed by atoms with Crippen molar-refractivity contribution in [2.75, 3.05) is 0 Å². The molecule has 0 bridgehead atoms. The molecule has 1 rings (SSSR count). The summed E-state index contributed by atoms with van der Waals surface area (Å²) in [6.45, 7) is 2.04.